The summed E-state index contributed by atoms with van der Waals surface area (Å²) < 4.78 is 23.6. The third-order valence-electron chi connectivity index (χ3n) is 22.5. The summed E-state index contributed by atoms with van der Waals surface area (Å²) in [5.74, 6) is 6.55. The second kappa shape index (κ2) is 37.0. The lowest BCUT2D eigenvalue weighted by Crippen LogP contribution is -2.40. The number of benzene rings is 6. The number of piperidine rings is 1. The molecule has 0 bridgehead atoms. The van der Waals surface area contributed by atoms with Crippen LogP contribution in [0.3, 0.4) is 0 Å². The van der Waals surface area contributed by atoms with E-state index < -0.39 is 0 Å². The van der Waals surface area contributed by atoms with Crippen molar-refractivity contribution in [2.24, 2.45) is 0 Å². The molecule has 10 heterocycles. The molecule has 0 radical (unpaired) electrons. The maximum absolute atomic E-state index is 13.1. The predicted octanol–water partition coefficient (Wildman–Crippen LogP) is 14.1. The molecular weight excluding hydrogens is 1500 g/mol. The number of pyridine rings is 1. The third-order valence-corrected chi connectivity index (χ3v) is 22.5. The van der Waals surface area contributed by atoms with Gasteiger partial charge in [-0.2, -0.15) is 15.3 Å². The Morgan fingerprint density at radius 1 is 0.412 bits per heavy atom. The molecule has 7 N–H and O–H groups in total. The topological polar surface area (TPSA) is 329 Å². The van der Waals surface area contributed by atoms with Gasteiger partial charge in [-0.05, 0) is 180 Å². The highest BCUT2D eigenvalue weighted by Gasteiger charge is 2.34. The van der Waals surface area contributed by atoms with E-state index in [1.165, 1.54) is 57.5 Å². The molecule has 5 aliphatic rings. The van der Waals surface area contributed by atoms with Gasteiger partial charge in [0.05, 0.1) is 34.3 Å². The molecule has 119 heavy (non-hydrogen) atoms. The van der Waals surface area contributed by atoms with Gasteiger partial charge in [0.15, 0.2) is 16.9 Å². The first-order valence-electron chi connectivity index (χ1n) is 40.7. The van der Waals surface area contributed by atoms with Crippen molar-refractivity contribution in [2.45, 2.75) is 94.4 Å². The van der Waals surface area contributed by atoms with Crippen LogP contribution in [0.1, 0.15) is 82.3 Å². The van der Waals surface area contributed by atoms with E-state index in [9.17, 15) is 14.4 Å². The summed E-state index contributed by atoms with van der Waals surface area (Å²) in [6, 6.07) is 59.2. The lowest BCUT2D eigenvalue weighted by Gasteiger charge is -2.33. The van der Waals surface area contributed by atoms with Gasteiger partial charge in [-0.15, -0.1) is 0 Å². The second-order valence-electron chi connectivity index (χ2n) is 30.4. The molecule has 18 rings (SSSR count). The average molecular weight is 1590 g/mol. The van der Waals surface area contributed by atoms with Crippen LogP contribution in [0.25, 0.3) is 66.9 Å². The fraction of sp³-hybridized carbons (Fsp3) is 0.286. The number of rotatable bonds is 24. The summed E-state index contributed by atoms with van der Waals surface area (Å²) in [4.78, 5) is 79.4. The third kappa shape index (κ3) is 18.7. The fourth-order valence-corrected chi connectivity index (χ4v) is 15.5. The highest BCUT2D eigenvalue weighted by molar-refractivity contribution is 6.01. The summed E-state index contributed by atoms with van der Waals surface area (Å²) in [6.45, 7) is 5.83. The number of anilines is 4. The van der Waals surface area contributed by atoms with Crippen LogP contribution in [0.5, 0.6) is 34.5 Å². The lowest BCUT2D eigenvalue weighted by molar-refractivity contribution is -0.128. The largest absolute Gasteiger partial charge is 0.457 e. The molecule has 28 heteroatoms. The van der Waals surface area contributed by atoms with Gasteiger partial charge in [-0.25, -0.2) is 48.9 Å². The Hall–Kier alpha value is -13.7. The zero-order valence-electron chi connectivity index (χ0n) is 66.6. The highest BCUT2D eigenvalue weighted by Crippen LogP contribution is 2.40. The minimum Gasteiger partial charge on any atom is -0.457 e. The number of likely N-dealkylation sites (tertiary alicyclic amines) is 3. The maximum Gasteiger partial charge on any atom is 0.246 e. The van der Waals surface area contributed by atoms with E-state index in [4.69, 9.17) is 46.7 Å². The Morgan fingerprint density at radius 3 is 1.18 bits per heavy atom. The minimum absolute atomic E-state index is 0.00578. The van der Waals surface area contributed by atoms with E-state index in [0.29, 0.717) is 103 Å². The average Bonchev–Trinajstić information content (AvgIpc) is 1.62. The van der Waals surface area contributed by atoms with E-state index in [-0.39, 0.29) is 35.8 Å². The summed E-state index contributed by atoms with van der Waals surface area (Å²) in [5.41, 5.74) is 25.8. The molecule has 606 valence electrons. The Kier molecular flexibility index (Phi) is 24.6. The van der Waals surface area contributed by atoms with Crippen molar-refractivity contribution in [2.75, 3.05) is 95.1 Å². The molecule has 5 fully saturated rings. The number of likely N-dealkylation sites (N-methyl/N-ethyl adjacent to an activating group) is 2. The van der Waals surface area contributed by atoms with Crippen LogP contribution in [0.15, 0.2) is 244 Å². The van der Waals surface area contributed by atoms with Crippen LogP contribution < -0.4 is 41.6 Å². The highest BCUT2D eigenvalue weighted by atomic mass is 16.5. The number of fused-ring (bicyclic) bond motifs is 3. The zero-order valence-corrected chi connectivity index (χ0v) is 66.6. The summed E-state index contributed by atoms with van der Waals surface area (Å²) in [5, 5.41) is 20.5. The quantitative estimate of drug-likeness (QED) is 0.0408. The van der Waals surface area contributed by atoms with Crippen LogP contribution in [0.4, 0.5) is 23.3 Å². The van der Waals surface area contributed by atoms with Crippen molar-refractivity contribution in [3.8, 4) is 68.3 Å². The molecule has 2 saturated carbocycles. The summed E-state index contributed by atoms with van der Waals surface area (Å²) >= 11 is 0. The number of nitrogens with two attached hydrogens (primary N) is 3. The lowest BCUT2D eigenvalue weighted by atomic mass is 9.92. The van der Waals surface area contributed by atoms with Gasteiger partial charge in [-0.3, -0.25) is 19.3 Å². The number of ether oxygens (including phenoxy) is 3. The molecule has 3 atom stereocenters. The first-order valence-corrected chi connectivity index (χ1v) is 40.7. The number of nitrogens with zero attached hydrogens (tertiary/aromatic N) is 18. The SMILES string of the molecule is CN(C/C=C/C(=O)N1CCC(n2nc(-c3ccc(Oc4ccccc4)cc3)c3c(N)ncnc32)C1)C1CCC1.CN(C/C=C/C(=O)N1CCCC(n2nc(-c3ccc(Oc4ccccc4)cc3)c3c(N)ncnc32)C1)c1ccccn1.Nc1ncnc2c1c(-c1ccc(Oc3ccccc3)cc1)nn2C1CCN(C(=O)/C=C/CNC2CCC2)C1. The molecule has 7 aromatic heterocycles. The number of nitrogen functional groups attached to an aromatic ring is 3. The summed E-state index contributed by atoms with van der Waals surface area (Å²) in [7, 11) is 4.08. The fourth-order valence-electron chi connectivity index (χ4n) is 15.5. The Bertz CT molecular complexity index is 5730. The number of carbonyl (C=O) groups is 3. The zero-order chi connectivity index (χ0) is 81.6. The van der Waals surface area contributed by atoms with Gasteiger partial charge >= 0.3 is 0 Å². The van der Waals surface area contributed by atoms with Crippen molar-refractivity contribution in [3.05, 3.63) is 244 Å². The van der Waals surface area contributed by atoms with Crippen molar-refractivity contribution < 1.29 is 28.6 Å². The van der Waals surface area contributed by atoms with Gasteiger partial charge in [0.25, 0.3) is 0 Å². The number of hydrogen-bond donors (Lipinski definition) is 4. The van der Waals surface area contributed by atoms with Crippen LogP contribution in [-0.4, -0.2) is 187 Å². The molecule has 28 nitrogen and oxygen atoms in total. The number of nitrogens with one attached hydrogen (secondary N) is 1. The monoisotopic (exact) mass is 1590 g/mol. The number of para-hydroxylation sites is 3. The molecule has 3 amide bonds. The Balaban J connectivity index is 0.000000133. The van der Waals surface area contributed by atoms with E-state index >= 15 is 0 Å². The van der Waals surface area contributed by atoms with E-state index in [2.05, 4.69) is 52.2 Å². The van der Waals surface area contributed by atoms with Gasteiger partial charge in [0, 0.05) is 119 Å². The van der Waals surface area contributed by atoms with Crippen LogP contribution in [0, 0.1) is 0 Å². The molecule has 6 aromatic carbocycles. The van der Waals surface area contributed by atoms with Crippen LogP contribution in [-0.2, 0) is 14.4 Å². The number of amides is 3. The Labute approximate surface area is 689 Å². The number of aromatic nitrogens is 13. The standard InChI is InChI=1S/C32H32N8O2.C30H33N7O2.C29H31N7O2/c1-38(27-12-5-6-18-34-27)19-8-13-28(41)39-20-7-9-24(21-39)40-32-29(31(33)35-22-36-32)30(37-40)23-14-16-26(17-15-23)42-25-10-3-2-4-11-25;1-35(22-7-5-8-22)17-6-11-26(38)36-18-16-23(19-36)37-30-27(29(31)32-20-33-30)28(34-37)21-12-14-25(15-13-21)39-24-9-3-2-4-10-24;30-28-26-27(20-11-13-24(14-12-20)38-23-8-2-1-3-9-23)34-36(29(26)33-19-32-28)22-15-17-35(18-22)25(37)10-5-16-31-21-6-4-7-21/h2-6,8,10-18,22,24H,7,9,19-21H2,1H3,(H2,33,35,36);2-4,6,9-15,20,22-23H,5,7-8,16-19H2,1H3,(H2,31,32,33);1-3,5,8-14,19,21-22,31H,4,6-7,15-18H2,(H2,30,32,33)/b13-8+;11-6+;10-5+. The van der Waals surface area contributed by atoms with E-state index in [1.54, 1.807) is 24.4 Å². The summed E-state index contributed by atoms with van der Waals surface area (Å²) in [6.07, 6.45) is 27.9. The molecule has 13 aromatic rings. The van der Waals surface area contributed by atoms with Crippen molar-refractivity contribution in [1.82, 2.24) is 89.1 Å². The van der Waals surface area contributed by atoms with E-state index in [0.717, 1.165) is 118 Å². The second-order valence-corrected chi connectivity index (χ2v) is 30.4. The first kappa shape index (κ1) is 79.1. The Morgan fingerprint density at radius 2 is 0.790 bits per heavy atom. The minimum atomic E-state index is -0.0430. The van der Waals surface area contributed by atoms with Gasteiger partial charge < -0.3 is 56.3 Å². The molecule has 3 unspecified atom stereocenters. The van der Waals surface area contributed by atoms with E-state index in [1.807, 2.05) is 241 Å². The number of hydrogen-bond acceptors (Lipinski definition) is 22. The predicted molar refractivity (Wildman–Crippen MR) is 461 cm³/mol. The molecule has 3 aliphatic heterocycles. The molecule has 2 aliphatic carbocycles. The van der Waals surface area contributed by atoms with Crippen molar-refractivity contribution in [3.63, 3.8) is 0 Å². The normalized spacial score (nSPS) is 16.9. The molecular formula is C91H96N22O6. The smallest absolute Gasteiger partial charge is 0.246 e. The van der Waals surface area contributed by atoms with Gasteiger partial charge in [0.2, 0.25) is 17.7 Å². The molecule has 0 spiro atoms. The van der Waals surface area contributed by atoms with Crippen molar-refractivity contribution >= 4 is 74.1 Å². The molecule has 3 saturated heterocycles. The number of carbonyl (C=O) groups excluding carboxylic acids is 3. The van der Waals surface area contributed by atoms with Crippen LogP contribution in [0.2, 0.25) is 0 Å². The maximum atomic E-state index is 13.1. The van der Waals surface area contributed by atoms with Crippen molar-refractivity contribution in [1.29, 1.82) is 0 Å². The van der Waals surface area contributed by atoms with Gasteiger partial charge in [0.1, 0.15) is 93.8 Å². The van der Waals surface area contributed by atoms with Crippen LogP contribution >= 0.6 is 0 Å². The first-order chi connectivity index (χ1) is 58.3. The van der Waals surface area contributed by atoms with Gasteiger partial charge in [-0.1, -0.05) is 91.7 Å².